The van der Waals surface area contributed by atoms with E-state index in [2.05, 4.69) is 10.6 Å². The van der Waals surface area contributed by atoms with Crippen molar-refractivity contribution in [1.29, 1.82) is 0 Å². The molecule has 2 aromatic rings. The smallest absolute Gasteiger partial charge is 0.278 e. The van der Waals surface area contributed by atoms with Gasteiger partial charge in [-0.2, -0.15) is 0 Å². The molecule has 0 unspecified atom stereocenters. The maximum Gasteiger partial charge on any atom is 0.278 e. The Kier molecular flexibility index (Phi) is 7.25. The lowest BCUT2D eigenvalue weighted by molar-refractivity contribution is -0.919. The number of hydrogen-bond donors (Lipinski definition) is 3. The first-order chi connectivity index (χ1) is 14.1. The van der Waals surface area contributed by atoms with Gasteiger partial charge in [-0.05, 0) is 36.8 Å². The van der Waals surface area contributed by atoms with E-state index in [9.17, 15) is 9.59 Å². The highest BCUT2D eigenvalue weighted by Gasteiger charge is 2.32. The van der Waals surface area contributed by atoms with Crippen LogP contribution in [0, 0.1) is 5.92 Å². The molecule has 0 saturated carbocycles. The van der Waals surface area contributed by atoms with Gasteiger partial charge >= 0.3 is 0 Å². The molecule has 1 aliphatic rings. The van der Waals surface area contributed by atoms with Crippen LogP contribution in [0.25, 0.3) is 0 Å². The number of benzene rings is 2. The number of carbonyl (C=O) groups excluding carboxylic acids is 2. The monoisotopic (exact) mass is 396 g/mol. The molecule has 154 valence electrons. The summed E-state index contributed by atoms with van der Waals surface area (Å²) < 4.78 is 5.15. The van der Waals surface area contributed by atoms with Crippen LogP contribution in [0.1, 0.15) is 25.3 Å². The number of carbonyl (C=O) groups is 2. The van der Waals surface area contributed by atoms with Crippen molar-refractivity contribution in [3.8, 4) is 5.75 Å². The van der Waals surface area contributed by atoms with E-state index in [0.717, 1.165) is 42.9 Å². The molecule has 3 rings (SSSR count). The van der Waals surface area contributed by atoms with E-state index in [1.807, 2.05) is 61.5 Å². The molecular weight excluding hydrogens is 366 g/mol. The zero-order valence-corrected chi connectivity index (χ0v) is 17.1. The number of amides is 2. The van der Waals surface area contributed by atoms with Crippen molar-refractivity contribution in [2.75, 3.05) is 25.5 Å². The number of para-hydroxylation sites is 1. The molecule has 1 aliphatic heterocycles. The molecule has 1 atom stereocenters. The average Bonchev–Trinajstić information content (AvgIpc) is 2.78. The summed E-state index contributed by atoms with van der Waals surface area (Å²) in [7, 11) is 1.63. The molecule has 0 radical (unpaired) electrons. The summed E-state index contributed by atoms with van der Waals surface area (Å²) in [5, 5.41) is 6.01. The Balaban J connectivity index is 1.43. The van der Waals surface area contributed by atoms with Crippen LogP contribution in [0.5, 0.6) is 5.75 Å². The minimum atomic E-state index is -0.133. The second-order valence-corrected chi connectivity index (χ2v) is 7.58. The topological polar surface area (TPSA) is 71.9 Å². The zero-order chi connectivity index (χ0) is 20.6. The van der Waals surface area contributed by atoms with Crippen molar-refractivity contribution < 1.29 is 19.2 Å². The molecule has 0 aliphatic carbocycles. The van der Waals surface area contributed by atoms with E-state index in [0.29, 0.717) is 6.54 Å². The zero-order valence-electron chi connectivity index (χ0n) is 17.1. The van der Waals surface area contributed by atoms with E-state index in [4.69, 9.17) is 4.74 Å². The van der Waals surface area contributed by atoms with Crippen LogP contribution >= 0.6 is 0 Å². The molecule has 29 heavy (non-hydrogen) atoms. The van der Waals surface area contributed by atoms with E-state index in [-0.39, 0.29) is 23.8 Å². The first-order valence-corrected chi connectivity index (χ1v) is 10.2. The third-order valence-electron chi connectivity index (χ3n) is 5.67. The third kappa shape index (κ3) is 5.81. The van der Waals surface area contributed by atoms with Gasteiger partial charge in [0.2, 0.25) is 5.91 Å². The maximum atomic E-state index is 12.6. The number of methoxy groups -OCH3 is 1. The molecule has 0 spiro atoms. The normalized spacial score (nSPS) is 19.8. The predicted molar refractivity (Wildman–Crippen MR) is 113 cm³/mol. The van der Waals surface area contributed by atoms with Crippen molar-refractivity contribution in [3.05, 3.63) is 60.2 Å². The lowest BCUT2D eigenvalue weighted by atomic mass is 9.94. The van der Waals surface area contributed by atoms with Crippen molar-refractivity contribution in [2.24, 2.45) is 5.92 Å². The van der Waals surface area contributed by atoms with Gasteiger partial charge in [0.25, 0.3) is 5.91 Å². The fraction of sp³-hybridized carbons (Fsp3) is 0.391. The van der Waals surface area contributed by atoms with E-state index < -0.39 is 0 Å². The largest absolute Gasteiger partial charge is 0.497 e. The lowest BCUT2D eigenvalue weighted by Gasteiger charge is -2.32. The number of nitrogens with one attached hydrogen (secondary N) is 3. The molecular formula is C23H30N3O3+. The first kappa shape index (κ1) is 20.9. The summed E-state index contributed by atoms with van der Waals surface area (Å²) >= 11 is 0. The number of rotatable bonds is 7. The third-order valence-corrected chi connectivity index (χ3v) is 5.67. The Hall–Kier alpha value is -2.86. The number of ether oxygens (including phenoxy) is 1. The van der Waals surface area contributed by atoms with E-state index in [1.54, 1.807) is 7.11 Å². The van der Waals surface area contributed by atoms with Crippen molar-refractivity contribution in [2.45, 2.75) is 32.4 Å². The fourth-order valence-electron chi connectivity index (χ4n) is 3.72. The van der Waals surface area contributed by atoms with Gasteiger partial charge < -0.3 is 20.3 Å². The number of likely N-dealkylation sites (tertiary alicyclic amines) is 1. The van der Waals surface area contributed by atoms with Crippen molar-refractivity contribution >= 4 is 17.5 Å². The van der Waals surface area contributed by atoms with Crippen LogP contribution in [0.4, 0.5) is 5.69 Å². The van der Waals surface area contributed by atoms with Gasteiger partial charge in [0, 0.05) is 31.0 Å². The SMILES string of the molecule is COc1ccc(CNC(=O)[C@@H](C)[NH+]2CCC(C(=O)Nc3ccccc3)CC2)cc1. The van der Waals surface area contributed by atoms with Crippen LogP contribution in [-0.4, -0.2) is 38.1 Å². The van der Waals surface area contributed by atoms with Gasteiger partial charge in [0.05, 0.1) is 20.2 Å². The molecule has 6 heteroatoms. The highest BCUT2D eigenvalue weighted by atomic mass is 16.5. The van der Waals surface area contributed by atoms with Gasteiger partial charge in [-0.1, -0.05) is 30.3 Å². The van der Waals surface area contributed by atoms with Crippen LogP contribution in [0.15, 0.2) is 54.6 Å². The Morgan fingerprint density at radius 1 is 1.07 bits per heavy atom. The van der Waals surface area contributed by atoms with Crippen LogP contribution < -0.4 is 20.3 Å². The van der Waals surface area contributed by atoms with Gasteiger partial charge in [0.15, 0.2) is 6.04 Å². The molecule has 0 aromatic heterocycles. The minimum Gasteiger partial charge on any atom is -0.497 e. The van der Waals surface area contributed by atoms with Crippen molar-refractivity contribution in [1.82, 2.24) is 5.32 Å². The number of piperidine rings is 1. The van der Waals surface area contributed by atoms with Gasteiger partial charge in [-0.3, -0.25) is 9.59 Å². The van der Waals surface area contributed by atoms with Crippen LogP contribution in [0.2, 0.25) is 0 Å². The van der Waals surface area contributed by atoms with Crippen molar-refractivity contribution in [3.63, 3.8) is 0 Å². The van der Waals surface area contributed by atoms with E-state index >= 15 is 0 Å². The molecule has 6 nitrogen and oxygen atoms in total. The van der Waals surface area contributed by atoms with Gasteiger partial charge in [0.1, 0.15) is 5.75 Å². The second kappa shape index (κ2) is 10.1. The highest BCUT2D eigenvalue weighted by molar-refractivity contribution is 5.92. The Morgan fingerprint density at radius 3 is 2.34 bits per heavy atom. The summed E-state index contributed by atoms with van der Waals surface area (Å²) in [6, 6.07) is 17.1. The molecule has 3 N–H and O–H groups in total. The molecule has 2 amide bonds. The van der Waals surface area contributed by atoms with Crippen LogP contribution in [0.3, 0.4) is 0 Å². The number of quaternary nitrogens is 1. The highest BCUT2D eigenvalue weighted by Crippen LogP contribution is 2.14. The number of hydrogen-bond acceptors (Lipinski definition) is 3. The Bertz CT molecular complexity index is 800. The molecule has 2 aromatic carbocycles. The molecule has 1 fully saturated rings. The lowest BCUT2D eigenvalue weighted by Crippen LogP contribution is -3.17. The Morgan fingerprint density at radius 2 is 1.72 bits per heavy atom. The average molecular weight is 397 g/mol. The summed E-state index contributed by atoms with van der Waals surface area (Å²) in [5.41, 5.74) is 1.87. The minimum absolute atomic E-state index is 0.00789. The molecule has 0 bridgehead atoms. The number of anilines is 1. The van der Waals surface area contributed by atoms with Gasteiger partial charge in [-0.15, -0.1) is 0 Å². The summed E-state index contributed by atoms with van der Waals surface area (Å²) in [4.78, 5) is 26.3. The second-order valence-electron chi connectivity index (χ2n) is 7.58. The Labute approximate surface area is 172 Å². The summed E-state index contributed by atoms with van der Waals surface area (Å²) in [6.45, 7) is 4.11. The van der Waals surface area contributed by atoms with Gasteiger partial charge in [-0.25, -0.2) is 0 Å². The fourth-order valence-corrected chi connectivity index (χ4v) is 3.72. The summed E-state index contributed by atoms with van der Waals surface area (Å²) in [5.74, 6) is 0.931. The standard InChI is InChI=1S/C23H29N3O3/c1-17(22(27)24-16-18-8-10-21(29-2)11-9-18)26-14-12-19(13-15-26)23(28)25-20-6-4-3-5-7-20/h3-11,17,19H,12-16H2,1-2H3,(H,24,27)(H,25,28)/p+1/t17-/m1/s1. The molecule has 1 saturated heterocycles. The quantitative estimate of drug-likeness (QED) is 0.666. The maximum absolute atomic E-state index is 12.6. The molecule has 1 heterocycles. The van der Waals surface area contributed by atoms with E-state index in [1.165, 1.54) is 4.90 Å². The predicted octanol–water partition coefficient (Wildman–Crippen LogP) is 1.63. The summed E-state index contributed by atoms with van der Waals surface area (Å²) in [6.07, 6.45) is 1.59. The first-order valence-electron chi connectivity index (χ1n) is 10.2. The van der Waals surface area contributed by atoms with Crippen LogP contribution in [-0.2, 0) is 16.1 Å².